The second-order valence-electron chi connectivity index (χ2n) is 5.20. The molecule has 0 saturated heterocycles. The van der Waals surface area contributed by atoms with Gasteiger partial charge in [-0.2, -0.15) is 0 Å². The molecule has 2 rings (SSSR count). The van der Waals surface area contributed by atoms with E-state index in [1.54, 1.807) is 0 Å². The molecule has 2 aromatic carbocycles. The standard InChI is InChI=1S/C19H23NO2/c1-3-5-14-22-18-9-7-6-8-17(18)20-19(21)16-12-10-15(4-2)11-13-16/h6-13H,3-5,14H2,1-2H3,(H,20,21). The van der Waals surface area contributed by atoms with Crippen molar-refractivity contribution in [3.05, 3.63) is 59.7 Å². The average molecular weight is 297 g/mol. The van der Waals surface area contributed by atoms with Crippen LogP contribution in [0.5, 0.6) is 5.75 Å². The van der Waals surface area contributed by atoms with Gasteiger partial charge in [0.15, 0.2) is 0 Å². The van der Waals surface area contributed by atoms with E-state index in [-0.39, 0.29) is 5.91 Å². The minimum Gasteiger partial charge on any atom is -0.491 e. The number of amides is 1. The number of hydrogen-bond acceptors (Lipinski definition) is 2. The first-order valence-corrected chi connectivity index (χ1v) is 7.86. The molecule has 0 unspecified atom stereocenters. The lowest BCUT2D eigenvalue weighted by Gasteiger charge is -2.12. The quantitative estimate of drug-likeness (QED) is 0.753. The smallest absolute Gasteiger partial charge is 0.255 e. The monoisotopic (exact) mass is 297 g/mol. The largest absolute Gasteiger partial charge is 0.491 e. The molecule has 1 N–H and O–H groups in total. The summed E-state index contributed by atoms with van der Waals surface area (Å²) in [5, 5.41) is 2.93. The lowest BCUT2D eigenvalue weighted by Crippen LogP contribution is -2.13. The van der Waals surface area contributed by atoms with Gasteiger partial charge in [0, 0.05) is 5.56 Å². The van der Waals surface area contributed by atoms with Crippen LogP contribution in [-0.4, -0.2) is 12.5 Å². The second kappa shape index (κ2) is 8.23. The maximum absolute atomic E-state index is 12.3. The Kier molecular flexibility index (Phi) is 6.01. The van der Waals surface area contributed by atoms with E-state index in [1.165, 1.54) is 5.56 Å². The van der Waals surface area contributed by atoms with Crippen molar-refractivity contribution in [2.24, 2.45) is 0 Å². The van der Waals surface area contributed by atoms with Crippen LogP contribution in [0.4, 0.5) is 5.69 Å². The molecular formula is C19H23NO2. The predicted octanol–water partition coefficient (Wildman–Crippen LogP) is 4.68. The van der Waals surface area contributed by atoms with Gasteiger partial charge < -0.3 is 10.1 Å². The third-order valence-electron chi connectivity index (χ3n) is 3.52. The maximum atomic E-state index is 12.3. The Balaban J connectivity index is 2.07. The lowest BCUT2D eigenvalue weighted by atomic mass is 10.1. The first kappa shape index (κ1) is 16.1. The number of benzene rings is 2. The summed E-state index contributed by atoms with van der Waals surface area (Å²) < 4.78 is 5.74. The van der Waals surface area contributed by atoms with E-state index in [2.05, 4.69) is 19.2 Å². The topological polar surface area (TPSA) is 38.3 Å². The Morgan fingerprint density at radius 2 is 1.77 bits per heavy atom. The van der Waals surface area contributed by atoms with Crippen LogP contribution >= 0.6 is 0 Å². The van der Waals surface area contributed by atoms with Crippen molar-refractivity contribution in [2.45, 2.75) is 33.1 Å². The lowest BCUT2D eigenvalue weighted by molar-refractivity contribution is 0.102. The first-order valence-electron chi connectivity index (χ1n) is 7.86. The molecule has 1 amide bonds. The summed E-state index contributed by atoms with van der Waals surface area (Å²) >= 11 is 0. The first-order chi connectivity index (χ1) is 10.7. The van der Waals surface area contributed by atoms with E-state index in [0.717, 1.165) is 25.0 Å². The van der Waals surface area contributed by atoms with E-state index >= 15 is 0 Å². The van der Waals surface area contributed by atoms with Crippen molar-refractivity contribution in [3.8, 4) is 5.75 Å². The molecule has 0 saturated carbocycles. The highest BCUT2D eigenvalue weighted by Crippen LogP contribution is 2.24. The zero-order valence-corrected chi connectivity index (χ0v) is 13.3. The molecule has 0 spiro atoms. The van der Waals surface area contributed by atoms with Crippen LogP contribution in [0, 0.1) is 0 Å². The highest BCUT2D eigenvalue weighted by Gasteiger charge is 2.09. The summed E-state index contributed by atoms with van der Waals surface area (Å²) in [6.07, 6.45) is 3.05. The third kappa shape index (κ3) is 4.35. The Labute approximate surface area is 132 Å². The van der Waals surface area contributed by atoms with Gasteiger partial charge in [-0.15, -0.1) is 0 Å². The van der Waals surface area contributed by atoms with Crippen molar-refractivity contribution < 1.29 is 9.53 Å². The molecule has 2 aromatic rings. The van der Waals surface area contributed by atoms with Crippen molar-refractivity contribution in [2.75, 3.05) is 11.9 Å². The summed E-state index contributed by atoms with van der Waals surface area (Å²) in [4.78, 5) is 12.3. The highest BCUT2D eigenvalue weighted by atomic mass is 16.5. The SMILES string of the molecule is CCCCOc1ccccc1NC(=O)c1ccc(CC)cc1. The molecule has 3 heteroatoms. The molecule has 0 radical (unpaired) electrons. The summed E-state index contributed by atoms with van der Waals surface area (Å²) in [6, 6.07) is 15.2. The number of rotatable bonds is 7. The number of unbranched alkanes of at least 4 members (excludes halogenated alkanes) is 1. The van der Waals surface area contributed by atoms with Gasteiger partial charge in [-0.25, -0.2) is 0 Å². The van der Waals surface area contributed by atoms with E-state index in [1.807, 2.05) is 48.5 Å². The molecule has 0 aliphatic heterocycles. The molecule has 0 aromatic heterocycles. The van der Waals surface area contributed by atoms with E-state index in [9.17, 15) is 4.79 Å². The fourth-order valence-corrected chi connectivity index (χ4v) is 2.11. The number of anilines is 1. The molecule has 0 heterocycles. The zero-order valence-electron chi connectivity index (χ0n) is 13.3. The second-order valence-corrected chi connectivity index (χ2v) is 5.20. The van der Waals surface area contributed by atoms with Gasteiger partial charge in [0.25, 0.3) is 5.91 Å². The van der Waals surface area contributed by atoms with Crippen molar-refractivity contribution >= 4 is 11.6 Å². The van der Waals surface area contributed by atoms with Crippen molar-refractivity contribution in [1.82, 2.24) is 0 Å². The van der Waals surface area contributed by atoms with Crippen LogP contribution in [0.2, 0.25) is 0 Å². The van der Waals surface area contributed by atoms with E-state index < -0.39 is 0 Å². The van der Waals surface area contributed by atoms with Crippen molar-refractivity contribution in [3.63, 3.8) is 0 Å². The molecule has 22 heavy (non-hydrogen) atoms. The molecule has 3 nitrogen and oxygen atoms in total. The van der Waals surface area contributed by atoms with Gasteiger partial charge in [0.05, 0.1) is 12.3 Å². The van der Waals surface area contributed by atoms with Gasteiger partial charge in [0.2, 0.25) is 0 Å². The predicted molar refractivity (Wildman–Crippen MR) is 90.6 cm³/mol. The van der Waals surface area contributed by atoms with Gasteiger partial charge in [-0.1, -0.05) is 44.5 Å². The zero-order chi connectivity index (χ0) is 15.8. The number of hydrogen-bond donors (Lipinski definition) is 1. The third-order valence-corrected chi connectivity index (χ3v) is 3.52. The van der Waals surface area contributed by atoms with Crippen LogP contribution in [-0.2, 0) is 6.42 Å². The number of carbonyl (C=O) groups excluding carboxylic acids is 1. The molecular weight excluding hydrogens is 274 g/mol. The summed E-state index contributed by atoms with van der Waals surface area (Å²) in [7, 11) is 0. The van der Waals surface area contributed by atoms with Crippen LogP contribution in [0.3, 0.4) is 0 Å². The Morgan fingerprint density at radius 1 is 1.05 bits per heavy atom. The number of nitrogens with one attached hydrogen (secondary N) is 1. The van der Waals surface area contributed by atoms with Crippen LogP contribution in [0.25, 0.3) is 0 Å². The summed E-state index contributed by atoms with van der Waals surface area (Å²) in [6.45, 7) is 4.88. The van der Waals surface area contributed by atoms with E-state index in [4.69, 9.17) is 4.74 Å². The number of aryl methyl sites for hydroxylation is 1. The summed E-state index contributed by atoms with van der Waals surface area (Å²) in [5.74, 6) is 0.601. The van der Waals surface area contributed by atoms with Gasteiger partial charge in [-0.05, 0) is 42.7 Å². The molecule has 0 atom stereocenters. The van der Waals surface area contributed by atoms with Crippen LogP contribution < -0.4 is 10.1 Å². The molecule has 0 fully saturated rings. The van der Waals surface area contributed by atoms with Gasteiger partial charge in [-0.3, -0.25) is 4.79 Å². The Bertz CT molecular complexity index is 605. The van der Waals surface area contributed by atoms with Gasteiger partial charge >= 0.3 is 0 Å². The summed E-state index contributed by atoms with van der Waals surface area (Å²) in [5.41, 5.74) is 2.59. The number of carbonyl (C=O) groups is 1. The highest BCUT2D eigenvalue weighted by molar-refractivity contribution is 6.05. The minimum atomic E-state index is -0.116. The number of ether oxygens (including phenoxy) is 1. The van der Waals surface area contributed by atoms with Crippen LogP contribution in [0.15, 0.2) is 48.5 Å². The molecule has 0 aliphatic rings. The molecule has 116 valence electrons. The Morgan fingerprint density at radius 3 is 2.45 bits per heavy atom. The van der Waals surface area contributed by atoms with Crippen LogP contribution in [0.1, 0.15) is 42.6 Å². The normalized spacial score (nSPS) is 10.3. The Hall–Kier alpha value is -2.29. The fourth-order valence-electron chi connectivity index (χ4n) is 2.11. The van der Waals surface area contributed by atoms with Crippen molar-refractivity contribution in [1.29, 1.82) is 0 Å². The molecule has 0 bridgehead atoms. The maximum Gasteiger partial charge on any atom is 0.255 e. The fraction of sp³-hybridized carbons (Fsp3) is 0.316. The van der Waals surface area contributed by atoms with Gasteiger partial charge in [0.1, 0.15) is 5.75 Å². The molecule has 0 aliphatic carbocycles. The minimum absolute atomic E-state index is 0.116. The average Bonchev–Trinajstić information content (AvgIpc) is 2.56. The number of para-hydroxylation sites is 2. The van der Waals surface area contributed by atoms with E-state index in [0.29, 0.717) is 17.9 Å².